The summed E-state index contributed by atoms with van der Waals surface area (Å²) >= 11 is 0. The Labute approximate surface area is 312 Å². The molecule has 0 aromatic rings. The minimum Gasteiger partial charge on any atom is -0.459 e. The summed E-state index contributed by atoms with van der Waals surface area (Å²) in [4.78, 5) is 30.2. The van der Waals surface area contributed by atoms with Crippen molar-refractivity contribution >= 4 is 11.8 Å². The number of ether oxygens (including phenoxy) is 6. The Balaban J connectivity index is 2.22. The van der Waals surface area contributed by atoms with Crippen LogP contribution in [0.5, 0.6) is 0 Å². The van der Waals surface area contributed by atoms with Crippen LogP contribution < -0.4 is 0 Å². The fraction of sp³-hybridized carbons (Fsp3) is 0.949. The molecule has 13 heteroatoms. The number of esters is 1. The molecular formula is C39H71NO12. The standard InChI is InChI=1S/C39H71NO12/c1-15-28-39(10,46)33(43)22(4)30(41)21(3)18-38(9,48-14)35(50-27-17-20(2)16-26(31(27)42)40(11)12)23(5)32(24(6)36(45)51-28)52-29-19-37(8,47-13)34(44)25(7)49-29/h20-29,31-35,42-44,46H,15-19H2,1-14H3/t20-,21-,22+,23?,24-,25+,26+,27-,28-,29+,31-,32+,33-,34+,35-,37-,38-,39-/m1/s1. The summed E-state index contributed by atoms with van der Waals surface area (Å²) < 4.78 is 38.0. The quantitative estimate of drug-likeness (QED) is 0.267. The van der Waals surface area contributed by atoms with Gasteiger partial charge in [0.25, 0.3) is 0 Å². The maximum atomic E-state index is 14.2. The van der Waals surface area contributed by atoms with Gasteiger partial charge in [-0.1, -0.05) is 34.6 Å². The van der Waals surface area contributed by atoms with Crippen molar-refractivity contribution in [2.45, 2.75) is 179 Å². The SMILES string of the molecule is CC[C@H]1OC(=O)[C@H](C)[C@@H](O[C@H]2C[C@@](C)(OC)[C@@H](O)[C@H](C)O2)C(C)[C@@H](O[C@@H]2C[C@H](C)C[C@H](N(C)C)[C@H]2O)[C@](C)(OC)C[C@@H](C)C(=O)[C@H](C)[C@@H](O)[C@]1(C)O. The molecule has 52 heavy (non-hydrogen) atoms. The highest BCUT2D eigenvalue weighted by Gasteiger charge is 2.53. The van der Waals surface area contributed by atoms with Crippen LogP contribution in [0.25, 0.3) is 0 Å². The van der Waals surface area contributed by atoms with Crippen molar-refractivity contribution in [3.63, 3.8) is 0 Å². The zero-order chi connectivity index (χ0) is 39.7. The second-order valence-electron chi connectivity index (χ2n) is 17.2. The summed E-state index contributed by atoms with van der Waals surface area (Å²) in [5, 5.41) is 45.7. The largest absolute Gasteiger partial charge is 0.459 e. The lowest BCUT2D eigenvalue weighted by Gasteiger charge is -2.50. The van der Waals surface area contributed by atoms with Crippen LogP contribution in [0.1, 0.15) is 101 Å². The van der Waals surface area contributed by atoms with Gasteiger partial charge in [0.1, 0.15) is 23.6 Å². The zero-order valence-corrected chi connectivity index (χ0v) is 34.2. The Hall–Kier alpha value is -1.26. The number of methoxy groups -OCH3 is 2. The number of carbonyl (C=O) groups excluding carboxylic acids is 2. The van der Waals surface area contributed by atoms with E-state index in [0.717, 1.165) is 6.42 Å². The molecule has 13 nitrogen and oxygen atoms in total. The van der Waals surface area contributed by atoms with Gasteiger partial charge in [-0.2, -0.15) is 0 Å². The summed E-state index contributed by atoms with van der Waals surface area (Å²) in [5.41, 5.74) is -4.13. The van der Waals surface area contributed by atoms with E-state index in [4.69, 9.17) is 28.4 Å². The Morgan fingerprint density at radius 2 is 1.44 bits per heavy atom. The number of aliphatic hydroxyl groups excluding tert-OH is 3. The van der Waals surface area contributed by atoms with Crippen LogP contribution in [0.2, 0.25) is 0 Å². The average Bonchev–Trinajstić information content (AvgIpc) is 3.09. The van der Waals surface area contributed by atoms with E-state index in [0.29, 0.717) is 6.42 Å². The van der Waals surface area contributed by atoms with Crippen LogP contribution in [-0.2, 0) is 38.0 Å². The molecule has 1 aliphatic carbocycles. The molecule has 3 fully saturated rings. The fourth-order valence-corrected chi connectivity index (χ4v) is 9.06. The van der Waals surface area contributed by atoms with Gasteiger partial charge >= 0.3 is 5.97 Å². The highest BCUT2D eigenvalue weighted by molar-refractivity contribution is 5.83. The maximum Gasteiger partial charge on any atom is 0.311 e. The Morgan fingerprint density at radius 1 is 0.846 bits per heavy atom. The van der Waals surface area contributed by atoms with Crippen LogP contribution in [0.3, 0.4) is 0 Å². The summed E-state index contributed by atoms with van der Waals surface area (Å²) in [6, 6.07) is -0.158. The number of hydrogen-bond donors (Lipinski definition) is 4. The second-order valence-corrected chi connectivity index (χ2v) is 17.2. The number of likely N-dealkylation sites (N-methyl/N-ethyl adjacent to an activating group) is 1. The van der Waals surface area contributed by atoms with Crippen LogP contribution >= 0.6 is 0 Å². The van der Waals surface area contributed by atoms with E-state index < -0.39 is 102 Å². The summed E-state index contributed by atoms with van der Waals surface area (Å²) in [5.74, 6) is -3.98. The first-order chi connectivity index (χ1) is 24.0. The predicted octanol–water partition coefficient (Wildman–Crippen LogP) is 3.10. The van der Waals surface area contributed by atoms with E-state index in [1.54, 1.807) is 48.7 Å². The van der Waals surface area contributed by atoms with E-state index >= 15 is 0 Å². The van der Waals surface area contributed by atoms with Crippen LogP contribution in [0.15, 0.2) is 0 Å². The van der Waals surface area contributed by atoms with Crippen LogP contribution in [0, 0.1) is 29.6 Å². The third-order valence-corrected chi connectivity index (χ3v) is 12.8. The monoisotopic (exact) mass is 745 g/mol. The van der Waals surface area contributed by atoms with Gasteiger partial charge in [-0.3, -0.25) is 9.59 Å². The average molecular weight is 746 g/mol. The first-order valence-corrected chi connectivity index (χ1v) is 19.2. The molecule has 0 bridgehead atoms. The van der Waals surface area contributed by atoms with Crippen LogP contribution in [0.4, 0.5) is 0 Å². The molecule has 2 heterocycles. The first kappa shape index (κ1) is 45.1. The van der Waals surface area contributed by atoms with Gasteiger partial charge in [0.15, 0.2) is 6.29 Å². The number of ketones is 1. The van der Waals surface area contributed by atoms with Gasteiger partial charge in [-0.05, 0) is 80.3 Å². The van der Waals surface area contributed by atoms with Crippen molar-refractivity contribution in [3.8, 4) is 0 Å². The molecule has 0 spiro atoms. The normalized spacial score (nSPS) is 49.0. The number of carbonyl (C=O) groups is 2. The molecule has 1 unspecified atom stereocenters. The van der Waals surface area contributed by atoms with Gasteiger partial charge < -0.3 is 53.7 Å². The molecule has 3 aliphatic rings. The summed E-state index contributed by atoms with van der Waals surface area (Å²) in [6.45, 7) is 17.5. The van der Waals surface area contributed by atoms with E-state index in [1.807, 2.05) is 32.8 Å². The number of nitrogens with zero attached hydrogens (tertiary/aromatic N) is 1. The van der Waals surface area contributed by atoms with Crippen molar-refractivity contribution in [1.82, 2.24) is 4.90 Å². The lowest BCUT2D eigenvalue weighted by atomic mass is 9.73. The smallest absolute Gasteiger partial charge is 0.311 e. The summed E-state index contributed by atoms with van der Waals surface area (Å²) in [6.07, 6.45) is -6.56. The molecule has 0 aromatic carbocycles. The van der Waals surface area contributed by atoms with E-state index in [2.05, 4.69) is 6.92 Å². The Bertz CT molecular complexity index is 1190. The number of Topliss-reactive ketones (excluding diaryl/α,β-unsaturated/α-hetero) is 1. The van der Waals surface area contributed by atoms with E-state index in [1.165, 1.54) is 14.0 Å². The molecule has 2 aliphatic heterocycles. The molecule has 0 aromatic heterocycles. The maximum absolute atomic E-state index is 14.2. The number of hydrogen-bond acceptors (Lipinski definition) is 13. The minimum absolute atomic E-state index is 0.151. The van der Waals surface area contributed by atoms with Crippen molar-refractivity contribution in [1.29, 1.82) is 0 Å². The zero-order valence-electron chi connectivity index (χ0n) is 34.2. The fourth-order valence-electron chi connectivity index (χ4n) is 9.06. The minimum atomic E-state index is -1.95. The Morgan fingerprint density at radius 3 is 1.98 bits per heavy atom. The Kier molecular flexibility index (Phi) is 15.3. The molecule has 0 amide bonds. The molecule has 18 atom stereocenters. The first-order valence-electron chi connectivity index (χ1n) is 19.2. The van der Waals surface area contributed by atoms with Gasteiger partial charge in [0.05, 0.1) is 53.7 Å². The molecule has 3 rings (SSSR count). The van der Waals surface area contributed by atoms with E-state index in [9.17, 15) is 30.0 Å². The third-order valence-electron chi connectivity index (χ3n) is 12.8. The van der Waals surface area contributed by atoms with Gasteiger partial charge in [-0.25, -0.2) is 0 Å². The van der Waals surface area contributed by atoms with Gasteiger partial charge in [-0.15, -0.1) is 0 Å². The highest BCUT2D eigenvalue weighted by atomic mass is 16.7. The highest BCUT2D eigenvalue weighted by Crippen LogP contribution is 2.42. The molecule has 1 saturated carbocycles. The topological polar surface area (TPSA) is 174 Å². The molecule has 0 radical (unpaired) electrons. The van der Waals surface area contributed by atoms with E-state index in [-0.39, 0.29) is 37.0 Å². The second kappa shape index (κ2) is 17.7. The van der Waals surface area contributed by atoms with Crippen molar-refractivity contribution in [2.75, 3.05) is 28.3 Å². The van der Waals surface area contributed by atoms with Crippen molar-refractivity contribution < 1.29 is 58.4 Å². The van der Waals surface area contributed by atoms with Gasteiger partial charge in [0, 0.05) is 44.4 Å². The molecule has 2 saturated heterocycles. The lowest BCUT2D eigenvalue weighted by Crippen LogP contribution is -2.61. The lowest BCUT2D eigenvalue weighted by molar-refractivity contribution is -0.303. The number of aliphatic hydroxyl groups is 4. The molecular weight excluding hydrogens is 674 g/mol. The van der Waals surface area contributed by atoms with Crippen molar-refractivity contribution in [3.05, 3.63) is 0 Å². The van der Waals surface area contributed by atoms with Gasteiger partial charge in [0.2, 0.25) is 0 Å². The number of rotatable bonds is 8. The van der Waals surface area contributed by atoms with Crippen LogP contribution in [-0.4, -0.2) is 143 Å². The number of cyclic esters (lactones) is 1. The third kappa shape index (κ3) is 9.39. The summed E-state index contributed by atoms with van der Waals surface area (Å²) in [7, 11) is 6.93. The van der Waals surface area contributed by atoms with Crippen molar-refractivity contribution in [2.24, 2.45) is 29.6 Å². The molecule has 304 valence electrons. The molecule has 4 N–H and O–H groups in total. The predicted molar refractivity (Wildman–Crippen MR) is 194 cm³/mol.